The summed E-state index contributed by atoms with van der Waals surface area (Å²) >= 11 is 6.02. The topological polar surface area (TPSA) is 74.7 Å². The molecule has 2 aromatic carbocycles. The van der Waals surface area contributed by atoms with Gasteiger partial charge in [0.25, 0.3) is 5.91 Å². The van der Waals surface area contributed by atoms with Crippen molar-refractivity contribution in [3.8, 4) is 0 Å². The lowest BCUT2D eigenvalue weighted by molar-refractivity contribution is -0.134. The van der Waals surface area contributed by atoms with Gasteiger partial charge in [0.15, 0.2) is 5.84 Å². The third-order valence-corrected chi connectivity index (χ3v) is 5.52. The van der Waals surface area contributed by atoms with Gasteiger partial charge in [-0.1, -0.05) is 74.0 Å². The maximum Gasteiger partial charge on any atom is 0.297 e. The molecule has 4 rings (SSSR count). The van der Waals surface area contributed by atoms with Crippen LogP contribution in [-0.4, -0.2) is 27.6 Å². The number of halogens is 1. The Morgan fingerprint density at radius 2 is 1.70 bits per heavy atom. The number of hydrazine groups is 1. The summed E-state index contributed by atoms with van der Waals surface area (Å²) in [5.41, 5.74) is 5.14. The van der Waals surface area contributed by atoms with Crippen molar-refractivity contribution in [1.29, 1.82) is 0 Å². The highest BCUT2D eigenvalue weighted by atomic mass is 35.5. The predicted molar refractivity (Wildman–Crippen MR) is 129 cm³/mol. The highest BCUT2D eigenvalue weighted by Crippen LogP contribution is 2.27. The van der Waals surface area contributed by atoms with Crippen LogP contribution >= 0.6 is 11.6 Å². The maximum atomic E-state index is 13.4. The molecule has 0 fully saturated rings. The molecule has 33 heavy (non-hydrogen) atoms. The second-order valence-corrected chi connectivity index (χ2v) is 8.41. The summed E-state index contributed by atoms with van der Waals surface area (Å²) in [5.74, 6) is -0.856. The molecule has 0 spiro atoms. The minimum Gasteiger partial charge on any atom is -0.273 e. The fourth-order valence-electron chi connectivity index (χ4n) is 3.69. The van der Waals surface area contributed by atoms with Crippen LogP contribution in [-0.2, 0) is 9.59 Å². The second-order valence-electron chi connectivity index (χ2n) is 7.98. The summed E-state index contributed by atoms with van der Waals surface area (Å²) in [6.45, 7) is 3.92. The normalized spacial score (nSPS) is 15.6. The molecular formula is C26H23ClN4O2. The second kappa shape index (κ2) is 9.79. The standard InChI is InChI=1S/C26H23ClN4O2/c1-17(2)23(18-11-13-20(27)14-12-18)25(32)30-31-24(19-8-4-3-5-9-19)29-22(26(31)33)16-21-10-6-7-15-28-21/h3-17,23H,1-2H3,(H,30,32)/b22-16-. The molecule has 1 atom stereocenters. The third-order valence-electron chi connectivity index (χ3n) is 5.26. The van der Waals surface area contributed by atoms with E-state index in [-0.39, 0.29) is 17.5 Å². The number of aliphatic imine (C=N–C) groups is 1. The Bertz CT molecular complexity index is 1210. The van der Waals surface area contributed by atoms with Crippen molar-refractivity contribution in [3.05, 3.63) is 107 Å². The van der Waals surface area contributed by atoms with Gasteiger partial charge in [0.05, 0.1) is 11.6 Å². The van der Waals surface area contributed by atoms with Crippen molar-refractivity contribution >= 4 is 35.3 Å². The number of nitrogens with zero attached hydrogens (tertiary/aromatic N) is 3. The van der Waals surface area contributed by atoms with Gasteiger partial charge in [-0.2, -0.15) is 5.01 Å². The van der Waals surface area contributed by atoms with E-state index in [9.17, 15) is 9.59 Å². The number of hydrogen-bond donors (Lipinski definition) is 1. The SMILES string of the molecule is CC(C)C(C(=O)NN1C(=O)/C(=C/c2ccccn2)N=C1c1ccccc1)c1ccc(Cl)cc1. The number of amidine groups is 1. The number of carbonyl (C=O) groups is 2. The van der Waals surface area contributed by atoms with Gasteiger partial charge in [-0.15, -0.1) is 0 Å². The third kappa shape index (κ3) is 5.02. The Morgan fingerprint density at radius 1 is 1.00 bits per heavy atom. The van der Waals surface area contributed by atoms with E-state index in [2.05, 4.69) is 15.4 Å². The first kappa shape index (κ1) is 22.4. The van der Waals surface area contributed by atoms with Gasteiger partial charge in [0.1, 0.15) is 5.70 Å². The fourth-order valence-corrected chi connectivity index (χ4v) is 3.82. The largest absolute Gasteiger partial charge is 0.297 e. The van der Waals surface area contributed by atoms with E-state index in [1.54, 1.807) is 36.5 Å². The number of carbonyl (C=O) groups excluding carboxylic acids is 2. The van der Waals surface area contributed by atoms with E-state index in [1.165, 1.54) is 5.01 Å². The molecule has 1 aliphatic rings. The fraction of sp³-hybridized carbons (Fsp3) is 0.154. The van der Waals surface area contributed by atoms with Gasteiger partial charge in [-0.3, -0.25) is 20.0 Å². The number of hydrogen-bond acceptors (Lipinski definition) is 4. The Labute approximate surface area is 197 Å². The lowest BCUT2D eigenvalue weighted by Crippen LogP contribution is -2.49. The summed E-state index contributed by atoms with van der Waals surface area (Å²) in [4.78, 5) is 35.5. The van der Waals surface area contributed by atoms with Gasteiger partial charge >= 0.3 is 0 Å². The Balaban J connectivity index is 1.68. The first-order valence-electron chi connectivity index (χ1n) is 10.6. The van der Waals surface area contributed by atoms with E-state index in [0.29, 0.717) is 22.1 Å². The molecule has 1 aliphatic heterocycles. The Morgan fingerprint density at radius 3 is 2.33 bits per heavy atom. The summed E-state index contributed by atoms with van der Waals surface area (Å²) in [6.07, 6.45) is 3.25. The molecule has 1 unspecified atom stereocenters. The van der Waals surface area contributed by atoms with Crippen molar-refractivity contribution in [1.82, 2.24) is 15.4 Å². The minimum atomic E-state index is -0.476. The van der Waals surface area contributed by atoms with Crippen LogP contribution in [0.15, 0.2) is 89.7 Å². The van der Waals surface area contributed by atoms with Crippen molar-refractivity contribution in [2.45, 2.75) is 19.8 Å². The van der Waals surface area contributed by atoms with Gasteiger partial charge in [0.2, 0.25) is 5.91 Å². The average molecular weight is 459 g/mol. The molecular weight excluding hydrogens is 436 g/mol. The number of benzene rings is 2. The van der Waals surface area contributed by atoms with E-state index in [0.717, 1.165) is 5.56 Å². The molecule has 166 valence electrons. The quantitative estimate of drug-likeness (QED) is 0.537. The van der Waals surface area contributed by atoms with E-state index < -0.39 is 11.8 Å². The summed E-state index contributed by atoms with van der Waals surface area (Å²) in [5, 5.41) is 1.82. The van der Waals surface area contributed by atoms with Crippen molar-refractivity contribution in [3.63, 3.8) is 0 Å². The highest BCUT2D eigenvalue weighted by molar-refractivity contribution is 6.30. The molecule has 0 radical (unpaired) electrons. The molecule has 6 nitrogen and oxygen atoms in total. The average Bonchev–Trinajstić information content (AvgIpc) is 3.11. The number of amides is 2. The molecule has 1 N–H and O–H groups in total. The zero-order chi connectivity index (χ0) is 23.4. The predicted octanol–water partition coefficient (Wildman–Crippen LogP) is 4.84. The smallest absolute Gasteiger partial charge is 0.273 e. The van der Waals surface area contributed by atoms with Crippen LogP contribution in [0, 0.1) is 5.92 Å². The molecule has 0 aliphatic carbocycles. The van der Waals surface area contributed by atoms with Crippen LogP contribution in [0.1, 0.15) is 36.6 Å². The molecule has 2 amide bonds. The molecule has 1 aromatic heterocycles. The molecule has 0 saturated carbocycles. The molecule has 3 aromatic rings. The number of rotatable bonds is 6. The van der Waals surface area contributed by atoms with E-state index in [1.807, 2.05) is 62.4 Å². The number of pyridine rings is 1. The van der Waals surface area contributed by atoms with Gasteiger partial charge < -0.3 is 0 Å². The monoisotopic (exact) mass is 458 g/mol. The zero-order valence-electron chi connectivity index (χ0n) is 18.3. The molecule has 2 heterocycles. The molecule has 0 bridgehead atoms. The summed E-state index contributed by atoms with van der Waals surface area (Å²) < 4.78 is 0. The zero-order valence-corrected chi connectivity index (χ0v) is 19.0. The van der Waals surface area contributed by atoms with Gasteiger partial charge in [-0.25, -0.2) is 4.99 Å². The Kier molecular flexibility index (Phi) is 6.66. The van der Waals surface area contributed by atoms with Crippen LogP contribution in [0.3, 0.4) is 0 Å². The lowest BCUT2D eigenvalue weighted by atomic mass is 9.88. The van der Waals surface area contributed by atoms with Crippen LogP contribution in [0.25, 0.3) is 6.08 Å². The van der Waals surface area contributed by atoms with Crippen molar-refractivity contribution < 1.29 is 9.59 Å². The van der Waals surface area contributed by atoms with E-state index >= 15 is 0 Å². The number of aromatic nitrogens is 1. The maximum absolute atomic E-state index is 13.4. The first-order valence-corrected chi connectivity index (χ1v) is 11.0. The minimum absolute atomic E-state index is 0.00970. The first-order chi connectivity index (χ1) is 15.9. The van der Waals surface area contributed by atoms with Crippen LogP contribution in [0.5, 0.6) is 0 Å². The molecule has 7 heteroatoms. The number of nitrogens with one attached hydrogen (secondary N) is 1. The highest BCUT2D eigenvalue weighted by Gasteiger charge is 2.35. The molecule has 0 saturated heterocycles. The van der Waals surface area contributed by atoms with Crippen LogP contribution in [0.4, 0.5) is 0 Å². The Hall–Kier alpha value is -3.77. The summed E-state index contributed by atoms with van der Waals surface area (Å²) in [7, 11) is 0. The lowest BCUT2D eigenvalue weighted by Gasteiger charge is -2.25. The van der Waals surface area contributed by atoms with E-state index in [4.69, 9.17) is 11.6 Å². The van der Waals surface area contributed by atoms with Crippen molar-refractivity contribution in [2.75, 3.05) is 0 Å². The summed E-state index contributed by atoms with van der Waals surface area (Å²) in [6, 6.07) is 21.9. The van der Waals surface area contributed by atoms with Crippen molar-refractivity contribution in [2.24, 2.45) is 10.9 Å². The van der Waals surface area contributed by atoms with Crippen LogP contribution < -0.4 is 5.43 Å². The van der Waals surface area contributed by atoms with Gasteiger partial charge in [0, 0.05) is 16.8 Å². The van der Waals surface area contributed by atoms with Crippen LogP contribution in [0.2, 0.25) is 5.02 Å². The van der Waals surface area contributed by atoms with Gasteiger partial charge in [-0.05, 0) is 41.8 Å².